The van der Waals surface area contributed by atoms with Crippen molar-refractivity contribution in [2.75, 3.05) is 7.11 Å². The van der Waals surface area contributed by atoms with E-state index in [1.165, 1.54) is 0 Å². The van der Waals surface area contributed by atoms with Crippen LogP contribution in [0.15, 0.2) is 12.1 Å². The number of nitrogens with one attached hydrogen (secondary N) is 1. The first-order chi connectivity index (χ1) is 8.95. The Balaban J connectivity index is 2.79. The molecule has 19 heavy (non-hydrogen) atoms. The summed E-state index contributed by atoms with van der Waals surface area (Å²) in [6.07, 6.45) is 0. The number of rotatable bonds is 3. The van der Waals surface area contributed by atoms with Crippen LogP contribution in [0, 0.1) is 20.8 Å². The van der Waals surface area contributed by atoms with Gasteiger partial charge in [0.25, 0.3) is 0 Å². The summed E-state index contributed by atoms with van der Waals surface area (Å²) in [6, 6.07) is 3.89. The molecule has 2 rings (SSSR count). The summed E-state index contributed by atoms with van der Waals surface area (Å²) < 4.78 is 5.39. The summed E-state index contributed by atoms with van der Waals surface area (Å²) in [6.45, 7) is 5.70. The predicted octanol–water partition coefficient (Wildman–Crippen LogP) is 2.71. The second-order valence-electron chi connectivity index (χ2n) is 4.54. The molecule has 0 bridgehead atoms. The van der Waals surface area contributed by atoms with Crippen molar-refractivity contribution in [2.45, 2.75) is 20.8 Å². The molecule has 1 heterocycles. The minimum Gasteiger partial charge on any atom is -0.496 e. The number of methoxy groups -OCH3 is 1. The molecular formula is C14H16N2O3. The SMILES string of the molecule is COc1cc(C)cc(C)c1-c1c(C(=O)O)n[nH]c1C. The third kappa shape index (κ3) is 2.19. The van der Waals surface area contributed by atoms with E-state index >= 15 is 0 Å². The van der Waals surface area contributed by atoms with Gasteiger partial charge in [0, 0.05) is 16.8 Å². The van der Waals surface area contributed by atoms with Crippen molar-refractivity contribution in [1.29, 1.82) is 0 Å². The zero-order chi connectivity index (χ0) is 14.2. The number of carboxylic acids is 1. The minimum atomic E-state index is -1.05. The van der Waals surface area contributed by atoms with E-state index in [-0.39, 0.29) is 5.69 Å². The van der Waals surface area contributed by atoms with Gasteiger partial charge in [-0.2, -0.15) is 5.10 Å². The van der Waals surface area contributed by atoms with Gasteiger partial charge in [0.1, 0.15) is 5.75 Å². The third-order valence-corrected chi connectivity index (χ3v) is 3.06. The van der Waals surface area contributed by atoms with E-state index < -0.39 is 5.97 Å². The molecule has 0 saturated carbocycles. The summed E-state index contributed by atoms with van der Waals surface area (Å²) in [5, 5.41) is 15.8. The van der Waals surface area contributed by atoms with Crippen LogP contribution in [-0.2, 0) is 0 Å². The van der Waals surface area contributed by atoms with E-state index in [4.69, 9.17) is 4.74 Å². The first kappa shape index (κ1) is 13.1. The Kier molecular flexibility index (Phi) is 3.29. The Morgan fingerprint density at radius 2 is 1.95 bits per heavy atom. The molecule has 0 spiro atoms. The van der Waals surface area contributed by atoms with Gasteiger partial charge in [-0.3, -0.25) is 5.10 Å². The summed E-state index contributed by atoms with van der Waals surface area (Å²) in [7, 11) is 1.58. The molecule has 0 unspecified atom stereocenters. The molecule has 0 amide bonds. The van der Waals surface area contributed by atoms with Gasteiger partial charge in [0.05, 0.1) is 7.11 Å². The zero-order valence-corrected chi connectivity index (χ0v) is 11.4. The van der Waals surface area contributed by atoms with E-state index in [1.54, 1.807) is 14.0 Å². The van der Waals surface area contributed by atoms with Crippen molar-refractivity contribution in [3.63, 3.8) is 0 Å². The highest BCUT2D eigenvalue weighted by atomic mass is 16.5. The topological polar surface area (TPSA) is 75.2 Å². The van der Waals surface area contributed by atoms with Gasteiger partial charge < -0.3 is 9.84 Å². The number of aromatic amines is 1. The lowest BCUT2D eigenvalue weighted by atomic mass is 9.95. The Labute approximate surface area is 111 Å². The van der Waals surface area contributed by atoms with Gasteiger partial charge >= 0.3 is 5.97 Å². The molecule has 5 heteroatoms. The Bertz CT molecular complexity index is 644. The molecule has 0 aliphatic heterocycles. The van der Waals surface area contributed by atoms with Crippen molar-refractivity contribution in [1.82, 2.24) is 10.2 Å². The molecule has 5 nitrogen and oxygen atoms in total. The zero-order valence-electron chi connectivity index (χ0n) is 11.4. The van der Waals surface area contributed by atoms with Crippen molar-refractivity contribution in [3.05, 3.63) is 34.6 Å². The Hall–Kier alpha value is -2.30. The summed E-state index contributed by atoms with van der Waals surface area (Å²) in [4.78, 5) is 11.3. The molecule has 0 fully saturated rings. The average Bonchev–Trinajstić information content (AvgIpc) is 2.70. The van der Waals surface area contributed by atoms with Gasteiger partial charge in [0.15, 0.2) is 5.69 Å². The average molecular weight is 260 g/mol. The van der Waals surface area contributed by atoms with Crippen molar-refractivity contribution >= 4 is 5.97 Å². The fourth-order valence-electron chi connectivity index (χ4n) is 2.30. The number of aromatic nitrogens is 2. The number of ether oxygens (including phenoxy) is 1. The van der Waals surface area contributed by atoms with E-state index in [1.807, 2.05) is 26.0 Å². The largest absolute Gasteiger partial charge is 0.496 e. The lowest BCUT2D eigenvalue weighted by Gasteiger charge is -2.13. The number of benzene rings is 1. The molecule has 0 aliphatic rings. The monoisotopic (exact) mass is 260 g/mol. The van der Waals surface area contributed by atoms with Crippen LogP contribution in [0.4, 0.5) is 0 Å². The number of hydrogen-bond donors (Lipinski definition) is 2. The van der Waals surface area contributed by atoms with Gasteiger partial charge in [-0.25, -0.2) is 4.79 Å². The highest BCUT2D eigenvalue weighted by molar-refractivity contribution is 5.96. The molecule has 2 N–H and O–H groups in total. The smallest absolute Gasteiger partial charge is 0.357 e. The number of carbonyl (C=O) groups is 1. The third-order valence-electron chi connectivity index (χ3n) is 3.06. The fraction of sp³-hybridized carbons (Fsp3) is 0.286. The number of nitrogens with zero attached hydrogens (tertiary/aromatic N) is 1. The standard InChI is InChI=1S/C14H16N2O3/c1-7-5-8(2)11(10(6-7)19-4)12-9(3)15-16-13(12)14(17)18/h5-6H,1-4H3,(H,15,16)(H,17,18). The first-order valence-electron chi connectivity index (χ1n) is 5.89. The van der Waals surface area contributed by atoms with Crippen LogP contribution in [0.1, 0.15) is 27.3 Å². The van der Waals surface area contributed by atoms with E-state index in [0.717, 1.165) is 16.7 Å². The van der Waals surface area contributed by atoms with Crippen molar-refractivity contribution in [3.8, 4) is 16.9 Å². The summed E-state index contributed by atoms with van der Waals surface area (Å²) in [5.74, 6) is -0.397. The molecule has 2 aromatic rings. The molecular weight excluding hydrogens is 244 g/mol. The number of aromatic carboxylic acids is 1. The second kappa shape index (κ2) is 4.76. The second-order valence-corrected chi connectivity index (χ2v) is 4.54. The Morgan fingerprint density at radius 1 is 1.26 bits per heavy atom. The summed E-state index contributed by atoms with van der Waals surface area (Å²) in [5.41, 5.74) is 4.11. The minimum absolute atomic E-state index is 0.0164. The van der Waals surface area contributed by atoms with Gasteiger partial charge in [-0.1, -0.05) is 6.07 Å². The van der Waals surface area contributed by atoms with Gasteiger partial charge in [-0.15, -0.1) is 0 Å². The van der Waals surface area contributed by atoms with Crippen molar-refractivity contribution < 1.29 is 14.6 Å². The predicted molar refractivity (Wildman–Crippen MR) is 71.7 cm³/mol. The van der Waals surface area contributed by atoms with E-state index in [9.17, 15) is 9.90 Å². The lowest BCUT2D eigenvalue weighted by molar-refractivity contribution is 0.0691. The number of H-pyrrole nitrogens is 1. The number of carboxylic acid groups (broad SMARTS) is 1. The van der Waals surface area contributed by atoms with E-state index in [0.29, 0.717) is 17.0 Å². The molecule has 1 aromatic carbocycles. The molecule has 1 aromatic heterocycles. The van der Waals surface area contributed by atoms with E-state index in [2.05, 4.69) is 10.2 Å². The first-order valence-corrected chi connectivity index (χ1v) is 5.89. The summed E-state index contributed by atoms with van der Waals surface area (Å²) >= 11 is 0. The highest BCUT2D eigenvalue weighted by Crippen LogP contribution is 2.37. The van der Waals surface area contributed by atoms with Crippen LogP contribution in [0.25, 0.3) is 11.1 Å². The normalized spacial score (nSPS) is 10.5. The van der Waals surface area contributed by atoms with Crippen LogP contribution in [0.3, 0.4) is 0 Å². The highest BCUT2D eigenvalue weighted by Gasteiger charge is 2.22. The molecule has 0 radical (unpaired) electrons. The van der Waals surface area contributed by atoms with Gasteiger partial charge in [-0.05, 0) is 38.0 Å². The maximum absolute atomic E-state index is 11.3. The van der Waals surface area contributed by atoms with Crippen LogP contribution in [0.2, 0.25) is 0 Å². The number of aryl methyl sites for hydroxylation is 3. The van der Waals surface area contributed by atoms with Crippen LogP contribution < -0.4 is 4.74 Å². The van der Waals surface area contributed by atoms with Crippen molar-refractivity contribution in [2.24, 2.45) is 0 Å². The molecule has 100 valence electrons. The Morgan fingerprint density at radius 3 is 2.53 bits per heavy atom. The molecule has 0 saturated heterocycles. The van der Waals surface area contributed by atoms with Gasteiger partial charge in [0.2, 0.25) is 0 Å². The maximum atomic E-state index is 11.3. The fourth-order valence-corrected chi connectivity index (χ4v) is 2.30. The number of hydrogen-bond acceptors (Lipinski definition) is 3. The quantitative estimate of drug-likeness (QED) is 0.889. The van der Waals surface area contributed by atoms with Crippen LogP contribution >= 0.6 is 0 Å². The molecule has 0 atom stereocenters. The molecule has 0 aliphatic carbocycles. The lowest BCUT2D eigenvalue weighted by Crippen LogP contribution is -2.01. The maximum Gasteiger partial charge on any atom is 0.357 e. The van der Waals surface area contributed by atoms with Crippen LogP contribution in [-0.4, -0.2) is 28.4 Å². The van der Waals surface area contributed by atoms with Crippen LogP contribution in [0.5, 0.6) is 5.75 Å².